The van der Waals surface area contributed by atoms with Crippen molar-refractivity contribution in [3.8, 4) is 5.75 Å². The van der Waals surface area contributed by atoms with Gasteiger partial charge in [-0.2, -0.15) is 0 Å². The molecule has 1 aliphatic rings. The van der Waals surface area contributed by atoms with E-state index in [-0.39, 0.29) is 0 Å². The summed E-state index contributed by atoms with van der Waals surface area (Å²) in [7, 11) is 2.22. The molecule has 0 spiro atoms. The normalized spacial score (nSPS) is 18.9. The Kier molecular flexibility index (Phi) is 5.86. The molecule has 112 valence electrons. The summed E-state index contributed by atoms with van der Waals surface area (Å²) in [6.45, 7) is 7.83. The zero-order valence-corrected chi connectivity index (χ0v) is 12.9. The van der Waals surface area contributed by atoms with Gasteiger partial charge in [-0.3, -0.25) is 0 Å². The van der Waals surface area contributed by atoms with Crippen LogP contribution in [-0.2, 0) is 0 Å². The van der Waals surface area contributed by atoms with Gasteiger partial charge in [0.15, 0.2) is 0 Å². The summed E-state index contributed by atoms with van der Waals surface area (Å²) in [6.07, 6.45) is 3.67. The van der Waals surface area contributed by atoms with Gasteiger partial charge < -0.3 is 15.0 Å². The number of para-hydroxylation sites is 1. The van der Waals surface area contributed by atoms with Gasteiger partial charge in [-0.15, -0.1) is 0 Å². The number of nitrogens with zero attached hydrogens (tertiary/aromatic N) is 1. The van der Waals surface area contributed by atoms with E-state index in [0.717, 1.165) is 31.9 Å². The second-order valence-corrected chi connectivity index (χ2v) is 6.31. The molecule has 1 N–H and O–H groups in total. The molecule has 1 saturated heterocycles. The molecular weight excluding hydrogens is 248 g/mol. The lowest BCUT2D eigenvalue weighted by molar-refractivity contribution is 0.136. The zero-order valence-electron chi connectivity index (χ0n) is 12.9. The van der Waals surface area contributed by atoms with Crippen molar-refractivity contribution in [2.45, 2.75) is 26.2 Å². The summed E-state index contributed by atoms with van der Waals surface area (Å²) in [5, 5.41) is 3.60. The molecule has 0 unspecified atom stereocenters. The third-order valence-electron chi connectivity index (χ3n) is 4.26. The Morgan fingerprint density at radius 1 is 1.20 bits per heavy atom. The van der Waals surface area contributed by atoms with Crippen LogP contribution >= 0.6 is 0 Å². The first kappa shape index (κ1) is 15.3. The maximum absolute atomic E-state index is 5.69. The van der Waals surface area contributed by atoms with Crippen molar-refractivity contribution in [1.29, 1.82) is 0 Å². The molecule has 1 fully saturated rings. The summed E-state index contributed by atoms with van der Waals surface area (Å²) >= 11 is 0. The predicted octanol–water partition coefficient (Wildman–Crippen LogP) is 2.78. The van der Waals surface area contributed by atoms with E-state index in [4.69, 9.17) is 4.74 Å². The summed E-state index contributed by atoms with van der Waals surface area (Å²) in [4.78, 5) is 2.43. The van der Waals surface area contributed by atoms with Crippen molar-refractivity contribution < 1.29 is 4.74 Å². The van der Waals surface area contributed by atoms with Gasteiger partial charge in [0, 0.05) is 6.54 Å². The van der Waals surface area contributed by atoms with Crippen LogP contribution in [0.3, 0.4) is 0 Å². The van der Waals surface area contributed by atoms with Crippen LogP contribution in [0.4, 0.5) is 0 Å². The molecule has 2 rings (SSSR count). The standard InChI is InChI=1S/C17H28N2O/c1-17(9-12-19(2)13-10-17)15-18-11-6-14-20-16-7-4-3-5-8-16/h3-5,7-8,18H,6,9-15H2,1-2H3. The second-order valence-electron chi connectivity index (χ2n) is 6.31. The minimum atomic E-state index is 0.479. The van der Waals surface area contributed by atoms with Crippen LogP contribution in [0, 0.1) is 5.41 Å². The molecule has 3 heteroatoms. The molecule has 0 aromatic heterocycles. The largest absolute Gasteiger partial charge is 0.494 e. The number of hydrogen-bond acceptors (Lipinski definition) is 3. The molecule has 0 amide bonds. The smallest absolute Gasteiger partial charge is 0.119 e. The van der Waals surface area contributed by atoms with E-state index in [1.165, 1.54) is 25.9 Å². The van der Waals surface area contributed by atoms with Gasteiger partial charge in [-0.1, -0.05) is 25.1 Å². The van der Waals surface area contributed by atoms with Crippen LogP contribution in [0.15, 0.2) is 30.3 Å². The molecular formula is C17H28N2O. The molecule has 1 aliphatic heterocycles. The molecule has 3 nitrogen and oxygen atoms in total. The van der Waals surface area contributed by atoms with E-state index in [2.05, 4.69) is 24.2 Å². The van der Waals surface area contributed by atoms with Crippen molar-refractivity contribution in [2.24, 2.45) is 5.41 Å². The number of likely N-dealkylation sites (tertiary alicyclic amines) is 1. The van der Waals surface area contributed by atoms with Gasteiger partial charge in [0.1, 0.15) is 5.75 Å². The first-order chi connectivity index (χ1) is 9.68. The Hall–Kier alpha value is -1.06. The molecule has 1 aromatic carbocycles. The van der Waals surface area contributed by atoms with Gasteiger partial charge in [-0.25, -0.2) is 0 Å². The molecule has 0 atom stereocenters. The van der Waals surface area contributed by atoms with E-state index in [1.54, 1.807) is 0 Å². The van der Waals surface area contributed by atoms with Gasteiger partial charge in [0.25, 0.3) is 0 Å². The highest BCUT2D eigenvalue weighted by Crippen LogP contribution is 2.29. The van der Waals surface area contributed by atoms with E-state index in [0.29, 0.717) is 5.41 Å². The number of hydrogen-bond donors (Lipinski definition) is 1. The minimum Gasteiger partial charge on any atom is -0.494 e. The highest BCUT2D eigenvalue weighted by molar-refractivity contribution is 5.20. The Morgan fingerprint density at radius 2 is 1.90 bits per heavy atom. The number of nitrogens with one attached hydrogen (secondary N) is 1. The van der Waals surface area contributed by atoms with Gasteiger partial charge in [0.2, 0.25) is 0 Å². The average molecular weight is 276 g/mol. The number of rotatable bonds is 7. The molecule has 20 heavy (non-hydrogen) atoms. The second kappa shape index (κ2) is 7.65. The van der Waals surface area contributed by atoms with Crippen molar-refractivity contribution in [3.63, 3.8) is 0 Å². The Balaban J connectivity index is 1.53. The average Bonchev–Trinajstić information content (AvgIpc) is 2.47. The van der Waals surface area contributed by atoms with Gasteiger partial charge >= 0.3 is 0 Å². The van der Waals surface area contributed by atoms with Crippen molar-refractivity contribution >= 4 is 0 Å². The summed E-state index contributed by atoms with van der Waals surface area (Å²) in [6, 6.07) is 10.0. The van der Waals surface area contributed by atoms with Crippen LogP contribution in [0.5, 0.6) is 5.75 Å². The summed E-state index contributed by atoms with van der Waals surface area (Å²) in [5.41, 5.74) is 0.479. The van der Waals surface area contributed by atoms with Crippen LogP contribution < -0.4 is 10.1 Å². The van der Waals surface area contributed by atoms with Crippen LogP contribution in [-0.4, -0.2) is 44.7 Å². The van der Waals surface area contributed by atoms with E-state index in [1.807, 2.05) is 30.3 Å². The van der Waals surface area contributed by atoms with Crippen LogP contribution in [0.1, 0.15) is 26.2 Å². The van der Waals surface area contributed by atoms with Gasteiger partial charge in [0.05, 0.1) is 6.61 Å². The van der Waals surface area contributed by atoms with Crippen LogP contribution in [0.25, 0.3) is 0 Å². The first-order valence-electron chi connectivity index (χ1n) is 7.75. The quantitative estimate of drug-likeness (QED) is 0.775. The zero-order chi connectivity index (χ0) is 14.3. The van der Waals surface area contributed by atoms with E-state index in [9.17, 15) is 0 Å². The summed E-state index contributed by atoms with van der Waals surface area (Å²) < 4.78 is 5.69. The Labute approximate surface area is 123 Å². The number of ether oxygens (including phenoxy) is 1. The Morgan fingerprint density at radius 3 is 2.60 bits per heavy atom. The Bertz CT molecular complexity index is 372. The number of piperidine rings is 1. The predicted molar refractivity (Wildman–Crippen MR) is 84.3 cm³/mol. The molecule has 1 aromatic rings. The number of benzene rings is 1. The minimum absolute atomic E-state index is 0.479. The molecule has 0 aliphatic carbocycles. The monoisotopic (exact) mass is 276 g/mol. The maximum atomic E-state index is 5.69. The van der Waals surface area contributed by atoms with Crippen LogP contribution in [0.2, 0.25) is 0 Å². The van der Waals surface area contributed by atoms with E-state index < -0.39 is 0 Å². The molecule has 1 heterocycles. The van der Waals surface area contributed by atoms with Crippen molar-refractivity contribution in [2.75, 3.05) is 39.8 Å². The lowest BCUT2D eigenvalue weighted by Gasteiger charge is -2.38. The molecule has 0 saturated carbocycles. The first-order valence-corrected chi connectivity index (χ1v) is 7.75. The van der Waals surface area contributed by atoms with Gasteiger partial charge in [-0.05, 0) is 63.5 Å². The highest BCUT2D eigenvalue weighted by atomic mass is 16.5. The fraction of sp³-hybridized carbons (Fsp3) is 0.647. The topological polar surface area (TPSA) is 24.5 Å². The fourth-order valence-corrected chi connectivity index (χ4v) is 2.63. The highest BCUT2D eigenvalue weighted by Gasteiger charge is 2.27. The molecule has 0 bridgehead atoms. The lowest BCUT2D eigenvalue weighted by atomic mass is 9.80. The fourth-order valence-electron chi connectivity index (χ4n) is 2.63. The molecule has 0 radical (unpaired) electrons. The summed E-state index contributed by atoms with van der Waals surface area (Å²) in [5.74, 6) is 0.967. The third kappa shape index (κ3) is 5.14. The van der Waals surface area contributed by atoms with Crippen molar-refractivity contribution in [1.82, 2.24) is 10.2 Å². The van der Waals surface area contributed by atoms with E-state index >= 15 is 0 Å². The lowest BCUT2D eigenvalue weighted by Crippen LogP contribution is -2.42. The maximum Gasteiger partial charge on any atom is 0.119 e. The van der Waals surface area contributed by atoms with Crippen molar-refractivity contribution in [3.05, 3.63) is 30.3 Å². The SMILES string of the molecule is CN1CCC(C)(CNCCCOc2ccccc2)CC1. The third-order valence-corrected chi connectivity index (χ3v) is 4.26.